The van der Waals surface area contributed by atoms with Gasteiger partial charge in [-0.25, -0.2) is 14.7 Å². The standard InChI is InChI=1S/C25H38FN3O4/c1-7-8-10-28-33-18-9-11-29(14-18)23(25(30)32-15-16(2)3)20-12-19(17(4)5)21(13-27)22(26)24(20)31-6/h12,16-18,23,28H,7-11,14-15H2,1-6H3. The number of hydroxylamine groups is 1. The lowest BCUT2D eigenvalue weighted by atomic mass is 9.91. The number of likely N-dealkylation sites (tertiary alicyclic amines) is 1. The number of benzene rings is 1. The van der Waals surface area contributed by atoms with E-state index in [0.717, 1.165) is 25.8 Å². The molecule has 0 amide bonds. The maximum atomic E-state index is 15.3. The summed E-state index contributed by atoms with van der Waals surface area (Å²) in [5.74, 6) is -1.23. The first-order chi connectivity index (χ1) is 15.7. The molecule has 0 spiro atoms. The molecule has 0 aliphatic carbocycles. The van der Waals surface area contributed by atoms with Crippen molar-refractivity contribution in [2.24, 2.45) is 5.92 Å². The van der Waals surface area contributed by atoms with Crippen molar-refractivity contribution in [3.05, 3.63) is 28.6 Å². The Morgan fingerprint density at radius 2 is 2.06 bits per heavy atom. The highest BCUT2D eigenvalue weighted by Crippen LogP contribution is 2.39. The average Bonchev–Trinajstić information content (AvgIpc) is 3.23. The zero-order chi connectivity index (χ0) is 24.5. The van der Waals surface area contributed by atoms with Crippen molar-refractivity contribution < 1.29 is 23.5 Å². The van der Waals surface area contributed by atoms with Crippen LogP contribution in [0, 0.1) is 23.1 Å². The smallest absolute Gasteiger partial charge is 0.328 e. The van der Waals surface area contributed by atoms with Crippen LogP contribution in [0.1, 0.15) is 82.5 Å². The Kier molecular flexibility index (Phi) is 10.6. The molecule has 1 aliphatic rings. The van der Waals surface area contributed by atoms with Crippen molar-refractivity contribution in [3.63, 3.8) is 0 Å². The number of rotatable bonds is 12. The van der Waals surface area contributed by atoms with Crippen LogP contribution in [0.5, 0.6) is 5.75 Å². The Bertz CT molecular complexity index is 838. The maximum absolute atomic E-state index is 15.3. The Morgan fingerprint density at radius 3 is 2.64 bits per heavy atom. The number of ether oxygens (including phenoxy) is 2. The minimum Gasteiger partial charge on any atom is -0.493 e. The van der Waals surface area contributed by atoms with Gasteiger partial charge in [-0.2, -0.15) is 5.26 Å². The van der Waals surface area contributed by atoms with Gasteiger partial charge in [-0.15, -0.1) is 0 Å². The first kappa shape index (κ1) is 27.0. The first-order valence-electron chi connectivity index (χ1n) is 11.8. The van der Waals surface area contributed by atoms with E-state index in [0.29, 0.717) is 24.2 Å². The minimum atomic E-state index is -0.859. The normalized spacial score (nSPS) is 17.4. The van der Waals surface area contributed by atoms with E-state index < -0.39 is 17.8 Å². The molecule has 1 aromatic rings. The van der Waals surface area contributed by atoms with E-state index in [1.807, 2.05) is 38.7 Å². The lowest BCUT2D eigenvalue weighted by Gasteiger charge is -2.29. The third-order valence-electron chi connectivity index (χ3n) is 5.72. The Morgan fingerprint density at radius 1 is 1.33 bits per heavy atom. The molecule has 0 radical (unpaired) electrons. The van der Waals surface area contributed by atoms with Crippen molar-refractivity contribution in [2.45, 2.75) is 71.9 Å². The molecule has 1 aliphatic heterocycles. The van der Waals surface area contributed by atoms with Gasteiger partial charge < -0.3 is 9.47 Å². The Hall–Kier alpha value is -2.21. The molecule has 1 heterocycles. The number of halogens is 1. The van der Waals surface area contributed by atoms with Gasteiger partial charge in [0.15, 0.2) is 11.6 Å². The number of carbonyl (C=O) groups excluding carboxylic acids is 1. The van der Waals surface area contributed by atoms with Gasteiger partial charge in [0, 0.05) is 25.2 Å². The van der Waals surface area contributed by atoms with Gasteiger partial charge >= 0.3 is 5.97 Å². The van der Waals surface area contributed by atoms with E-state index >= 15 is 4.39 Å². The summed E-state index contributed by atoms with van der Waals surface area (Å²) in [7, 11) is 1.35. The summed E-state index contributed by atoms with van der Waals surface area (Å²) < 4.78 is 26.3. The Balaban J connectivity index is 2.43. The number of nitriles is 1. The van der Waals surface area contributed by atoms with Gasteiger partial charge in [-0.05, 0) is 36.3 Å². The van der Waals surface area contributed by atoms with Crippen LogP contribution in [0.4, 0.5) is 4.39 Å². The van der Waals surface area contributed by atoms with Crippen molar-refractivity contribution in [1.82, 2.24) is 10.4 Å². The summed E-state index contributed by atoms with van der Waals surface area (Å²) in [6.45, 7) is 11.9. The van der Waals surface area contributed by atoms with Gasteiger partial charge in [0.1, 0.15) is 12.1 Å². The second-order valence-corrected chi connectivity index (χ2v) is 9.24. The van der Waals surface area contributed by atoms with E-state index in [-0.39, 0.29) is 35.9 Å². The number of hydrogen-bond donors (Lipinski definition) is 1. The number of esters is 1. The second-order valence-electron chi connectivity index (χ2n) is 9.24. The van der Waals surface area contributed by atoms with Crippen molar-refractivity contribution in [3.8, 4) is 11.8 Å². The SMILES string of the molecule is CCCCNOC1CCN(C(C(=O)OCC(C)C)c2cc(C(C)C)c(C#N)c(F)c2OC)C1. The van der Waals surface area contributed by atoms with Crippen LogP contribution in [0.15, 0.2) is 6.07 Å². The molecule has 0 bridgehead atoms. The lowest BCUT2D eigenvalue weighted by Crippen LogP contribution is -2.36. The zero-order valence-electron chi connectivity index (χ0n) is 20.7. The maximum Gasteiger partial charge on any atom is 0.328 e. The predicted molar refractivity (Wildman–Crippen MR) is 124 cm³/mol. The van der Waals surface area contributed by atoms with Crippen molar-refractivity contribution >= 4 is 5.97 Å². The van der Waals surface area contributed by atoms with Gasteiger partial charge in [0.25, 0.3) is 0 Å². The highest BCUT2D eigenvalue weighted by Gasteiger charge is 2.39. The van der Waals surface area contributed by atoms with Crippen LogP contribution >= 0.6 is 0 Å². The quantitative estimate of drug-likeness (QED) is 0.278. The molecule has 2 rings (SSSR count). The molecule has 1 saturated heterocycles. The number of hydrogen-bond acceptors (Lipinski definition) is 7. The molecule has 33 heavy (non-hydrogen) atoms. The molecule has 8 heteroatoms. The van der Waals surface area contributed by atoms with Gasteiger partial charge in [-0.3, -0.25) is 9.74 Å². The topological polar surface area (TPSA) is 83.8 Å². The highest BCUT2D eigenvalue weighted by molar-refractivity contribution is 5.79. The van der Waals surface area contributed by atoms with E-state index in [9.17, 15) is 10.1 Å². The molecular formula is C25H38FN3O4. The van der Waals surface area contributed by atoms with Crippen molar-refractivity contribution in [1.29, 1.82) is 5.26 Å². The van der Waals surface area contributed by atoms with E-state index in [1.54, 1.807) is 6.07 Å². The van der Waals surface area contributed by atoms with Gasteiger partial charge in [0.2, 0.25) is 0 Å². The fourth-order valence-corrected chi connectivity index (χ4v) is 3.96. The number of unbranched alkanes of at least 4 members (excludes halogenated alkanes) is 1. The number of nitrogens with zero attached hydrogens (tertiary/aromatic N) is 2. The molecule has 184 valence electrons. The second kappa shape index (κ2) is 12.9. The zero-order valence-corrected chi connectivity index (χ0v) is 20.7. The van der Waals surface area contributed by atoms with Gasteiger partial charge in [0.05, 0.1) is 25.4 Å². The molecule has 2 atom stereocenters. The van der Waals surface area contributed by atoms with E-state index in [1.165, 1.54) is 7.11 Å². The van der Waals surface area contributed by atoms with Crippen LogP contribution in [0.3, 0.4) is 0 Å². The van der Waals surface area contributed by atoms with E-state index in [4.69, 9.17) is 14.3 Å². The van der Waals surface area contributed by atoms with Crippen LogP contribution < -0.4 is 10.2 Å². The molecule has 0 saturated carbocycles. The summed E-state index contributed by atoms with van der Waals surface area (Å²) in [6.07, 6.45) is 2.71. The largest absolute Gasteiger partial charge is 0.493 e. The van der Waals surface area contributed by atoms with Crippen molar-refractivity contribution in [2.75, 3.05) is 33.4 Å². The summed E-state index contributed by atoms with van der Waals surface area (Å²) >= 11 is 0. The van der Waals surface area contributed by atoms with Crippen LogP contribution in [0.2, 0.25) is 0 Å². The molecule has 2 unspecified atom stereocenters. The number of methoxy groups -OCH3 is 1. The molecule has 0 aromatic heterocycles. The predicted octanol–water partition coefficient (Wildman–Crippen LogP) is 4.47. The third-order valence-corrected chi connectivity index (χ3v) is 5.72. The van der Waals surface area contributed by atoms with E-state index in [2.05, 4.69) is 12.4 Å². The first-order valence-corrected chi connectivity index (χ1v) is 11.8. The fourth-order valence-electron chi connectivity index (χ4n) is 3.96. The van der Waals surface area contributed by atoms with Crippen LogP contribution in [0.25, 0.3) is 0 Å². The molecule has 7 nitrogen and oxygen atoms in total. The highest BCUT2D eigenvalue weighted by atomic mass is 19.1. The molecular weight excluding hydrogens is 425 g/mol. The summed E-state index contributed by atoms with van der Waals surface area (Å²) in [5.41, 5.74) is 3.87. The molecule has 1 N–H and O–H groups in total. The number of carbonyl (C=O) groups is 1. The summed E-state index contributed by atoms with van der Waals surface area (Å²) in [5, 5.41) is 9.55. The minimum absolute atomic E-state index is 0.0531. The average molecular weight is 464 g/mol. The van der Waals surface area contributed by atoms with Crippen LogP contribution in [-0.2, 0) is 14.4 Å². The number of nitrogens with one attached hydrogen (secondary N) is 1. The monoisotopic (exact) mass is 463 g/mol. The summed E-state index contributed by atoms with van der Waals surface area (Å²) in [6, 6.07) is 2.82. The van der Waals surface area contributed by atoms with Gasteiger partial charge in [-0.1, -0.05) is 41.0 Å². The lowest BCUT2D eigenvalue weighted by molar-refractivity contribution is -0.151. The fraction of sp³-hybridized carbons (Fsp3) is 0.680. The summed E-state index contributed by atoms with van der Waals surface area (Å²) in [4.78, 5) is 21.0. The molecule has 1 aromatic carbocycles. The van der Waals surface area contributed by atoms with Crippen LogP contribution in [-0.4, -0.2) is 50.3 Å². The Labute approximate surface area is 197 Å². The molecule has 1 fully saturated rings. The third kappa shape index (κ3) is 6.89.